The van der Waals surface area contributed by atoms with E-state index < -0.39 is 11.7 Å². The molecule has 1 aliphatic carbocycles. The van der Waals surface area contributed by atoms with Crippen molar-refractivity contribution in [1.29, 1.82) is 5.26 Å². The molecule has 3 N–H and O–H groups in total. The van der Waals surface area contributed by atoms with Gasteiger partial charge in [-0.1, -0.05) is 18.8 Å². The summed E-state index contributed by atoms with van der Waals surface area (Å²) in [5, 5.41) is 18.5. The van der Waals surface area contributed by atoms with Gasteiger partial charge in [-0.25, -0.2) is 9.78 Å². The van der Waals surface area contributed by atoms with Crippen molar-refractivity contribution in [1.82, 2.24) is 20.2 Å². The Morgan fingerprint density at radius 1 is 1.21 bits per heavy atom. The van der Waals surface area contributed by atoms with E-state index >= 15 is 0 Å². The lowest BCUT2D eigenvalue weighted by Gasteiger charge is -2.24. The van der Waals surface area contributed by atoms with Crippen LogP contribution in [0.15, 0.2) is 30.5 Å². The van der Waals surface area contributed by atoms with Crippen LogP contribution in [0, 0.1) is 29.1 Å². The molecule has 2 amide bonds. The van der Waals surface area contributed by atoms with E-state index in [0.717, 1.165) is 37.9 Å². The summed E-state index contributed by atoms with van der Waals surface area (Å²) in [4.78, 5) is 34.9. The molecule has 0 unspecified atom stereocenters. The number of aromatic nitrogens is 2. The Labute approximate surface area is 230 Å². The Kier molecular flexibility index (Phi) is 10.1. The van der Waals surface area contributed by atoms with E-state index in [2.05, 4.69) is 50.8 Å². The van der Waals surface area contributed by atoms with E-state index in [-0.39, 0.29) is 24.4 Å². The van der Waals surface area contributed by atoms with Crippen LogP contribution in [0.1, 0.15) is 64.5 Å². The number of rotatable bonds is 8. The van der Waals surface area contributed by atoms with Gasteiger partial charge in [-0.3, -0.25) is 4.79 Å². The molecule has 0 bridgehead atoms. The largest absolute Gasteiger partial charge is 0.444 e. The molecule has 10 nitrogen and oxygen atoms in total. The quantitative estimate of drug-likeness (QED) is 0.427. The van der Waals surface area contributed by atoms with Crippen LogP contribution in [0.5, 0.6) is 0 Å². The van der Waals surface area contributed by atoms with Crippen LogP contribution >= 0.6 is 0 Å². The number of benzene rings is 1. The van der Waals surface area contributed by atoms with Crippen molar-refractivity contribution in [3.8, 4) is 17.9 Å². The predicted octanol–water partition coefficient (Wildman–Crippen LogP) is 4.42. The summed E-state index contributed by atoms with van der Waals surface area (Å²) in [6, 6.07) is 9.18. The van der Waals surface area contributed by atoms with Crippen molar-refractivity contribution in [2.45, 2.75) is 65.0 Å². The molecule has 1 heterocycles. The van der Waals surface area contributed by atoms with Gasteiger partial charge in [-0.05, 0) is 70.7 Å². The number of ether oxygens (including phenoxy) is 1. The molecule has 3 rings (SSSR count). The first kappa shape index (κ1) is 29.2. The highest BCUT2D eigenvalue weighted by Crippen LogP contribution is 2.25. The zero-order valence-electron chi connectivity index (χ0n) is 23.3. The molecule has 1 aromatic heterocycles. The number of amides is 2. The third-order valence-electron chi connectivity index (χ3n) is 5.90. The Morgan fingerprint density at radius 3 is 2.62 bits per heavy atom. The van der Waals surface area contributed by atoms with Crippen molar-refractivity contribution in [3.05, 3.63) is 41.6 Å². The number of nitrogens with one attached hydrogen (secondary N) is 3. The highest BCUT2D eigenvalue weighted by Gasteiger charge is 2.26. The third kappa shape index (κ3) is 9.50. The lowest BCUT2D eigenvalue weighted by Crippen LogP contribution is -2.43. The van der Waals surface area contributed by atoms with Gasteiger partial charge in [-0.15, -0.1) is 0 Å². The normalized spacial score (nSPS) is 16.3. The summed E-state index contributed by atoms with van der Waals surface area (Å²) in [7, 11) is 1.55. The van der Waals surface area contributed by atoms with Crippen molar-refractivity contribution in [2.24, 2.45) is 5.92 Å². The van der Waals surface area contributed by atoms with Gasteiger partial charge in [0, 0.05) is 31.2 Å². The molecule has 1 aliphatic rings. The van der Waals surface area contributed by atoms with E-state index in [0.29, 0.717) is 22.9 Å². The second-order valence-corrected chi connectivity index (χ2v) is 10.6. The number of hydrogen-bond acceptors (Lipinski definition) is 8. The summed E-state index contributed by atoms with van der Waals surface area (Å²) in [6.07, 6.45) is 4.54. The summed E-state index contributed by atoms with van der Waals surface area (Å²) in [5.41, 5.74) is 1.46. The fourth-order valence-corrected chi connectivity index (χ4v) is 3.99. The minimum atomic E-state index is -0.613. The highest BCUT2D eigenvalue weighted by molar-refractivity contribution is 5.82. The van der Waals surface area contributed by atoms with Gasteiger partial charge in [0.1, 0.15) is 18.0 Å². The van der Waals surface area contributed by atoms with Gasteiger partial charge in [0.2, 0.25) is 11.9 Å². The zero-order chi connectivity index (χ0) is 28.4. The minimum Gasteiger partial charge on any atom is -0.444 e. The van der Waals surface area contributed by atoms with Gasteiger partial charge in [0.15, 0.2) is 0 Å². The van der Waals surface area contributed by atoms with Crippen molar-refractivity contribution < 1.29 is 14.3 Å². The molecule has 2 atom stereocenters. The van der Waals surface area contributed by atoms with Gasteiger partial charge in [0.25, 0.3) is 0 Å². The molecule has 1 fully saturated rings. The Bertz CT molecular complexity index is 1250. The average molecular weight is 532 g/mol. The first-order valence-electron chi connectivity index (χ1n) is 13.2. The second-order valence-electron chi connectivity index (χ2n) is 10.6. The van der Waals surface area contributed by atoms with Crippen molar-refractivity contribution >= 4 is 29.5 Å². The SMILES string of the molecule is CCCNc1nc(Nc2ccc(C#N)cc2)ncc1C#C[C@@H]1CC[C@H](NC(=O)CN(C)C(=O)OC(C)(C)C)C1. The molecular weight excluding hydrogens is 494 g/mol. The van der Waals surface area contributed by atoms with Crippen LogP contribution in [0.3, 0.4) is 0 Å². The number of carbonyl (C=O) groups excluding carboxylic acids is 2. The molecule has 206 valence electrons. The molecule has 0 saturated heterocycles. The monoisotopic (exact) mass is 531 g/mol. The molecule has 1 saturated carbocycles. The number of nitrogens with zero attached hydrogens (tertiary/aromatic N) is 4. The maximum absolute atomic E-state index is 12.5. The van der Waals surface area contributed by atoms with E-state index in [1.807, 2.05) is 0 Å². The predicted molar refractivity (Wildman–Crippen MR) is 150 cm³/mol. The van der Waals surface area contributed by atoms with Gasteiger partial charge in [0.05, 0.1) is 23.4 Å². The van der Waals surface area contributed by atoms with Crippen molar-refractivity contribution in [2.75, 3.05) is 30.8 Å². The molecule has 0 radical (unpaired) electrons. The van der Waals surface area contributed by atoms with E-state index in [1.54, 1.807) is 58.3 Å². The molecule has 10 heteroatoms. The number of hydrogen-bond donors (Lipinski definition) is 3. The average Bonchev–Trinajstić information content (AvgIpc) is 3.33. The molecule has 2 aromatic rings. The van der Waals surface area contributed by atoms with Crippen LogP contribution in [0.4, 0.5) is 22.2 Å². The fourth-order valence-electron chi connectivity index (χ4n) is 3.99. The summed E-state index contributed by atoms with van der Waals surface area (Å²) < 4.78 is 5.30. The third-order valence-corrected chi connectivity index (χ3v) is 5.90. The van der Waals surface area contributed by atoms with Crippen LogP contribution in [-0.2, 0) is 9.53 Å². The van der Waals surface area contributed by atoms with E-state index in [4.69, 9.17) is 10.00 Å². The number of nitriles is 1. The summed E-state index contributed by atoms with van der Waals surface area (Å²) in [5.74, 6) is 7.57. The number of likely N-dealkylation sites (N-methyl/N-ethyl adjacent to an activating group) is 1. The molecule has 0 aliphatic heterocycles. The Hall–Kier alpha value is -4.31. The van der Waals surface area contributed by atoms with E-state index in [1.165, 1.54) is 4.90 Å². The summed E-state index contributed by atoms with van der Waals surface area (Å²) in [6.45, 7) is 8.13. The Balaban J connectivity index is 1.58. The topological polar surface area (TPSA) is 132 Å². The summed E-state index contributed by atoms with van der Waals surface area (Å²) >= 11 is 0. The lowest BCUT2D eigenvalue weighted by molar-refractivity contribution is -0.122. The van der Waals surface area contributed by atoms with Crippen molar-refractivity contribution in [3.63, 3.8) is 0 Å². The van der Waals surface area contributed by atoms with E-state index in [9.17, 15) is 9.59 Å². The first-order valence-corrected chi connectivity index (χ1v) is 13.2. The smallest absolute Gasteiger partial charge is 0.410 e. The zero-order valence-corrected chi connectivity index (χ0v) is 23.3. The maximum atomic E-state index is 12.5. The second kappa shape index (κ2) is 13.5. The number of anilines is 3. The van der Waals surface area contributed by atoms with Gasteiger partial charge in [-0.2, -0.15) is 10.2 Å². The fraction of sp³-hybridized carbons (Fsp3) is 0.483. The van der Waals surface area contributed by atoms with Crippen LogP contribution in [-0.4, -0.2) is 58.6 Å². The molecule has 1 aromatic carbocycles. The molecule has 0 spiro atoms. The molecule has 39 heavy (non-hydrogen) atoms. The Morgan fingerprint density at radius 2 is 1.95 bits per heavy atom. The minimum absolute atomic E-state index is 0.0109. The van der Waals surface area contributed by atoms with Crippen LogP contribution in [0.25, 0.3) is 0 Å². The molecular formula is C29H37N7O3. The lowest BCUT2D eigenvalue weighted by atomic mass is 10.1. The number of carbonyl (C=O) groups is 2. The van der Waals surface area contributed by atoms with Crippen LogP contribution < -0.4 is 16.0 Å². The first-order chi connectivity index (χ1) is 18.6. The van der Waals surface area contributed by atoms with Gasteiger partial charge < -0.3 is 25.6 Å². The van der Waals surface area contributed by atoms with Crippen LogP contribution in [0.2, 0.25) is 0 Å². The standard InChI is InChI=1S/C29H37N7O3/c1-6-15-31-26-22(18-32-27(35-26)34-23-12-9-21(17-30)10-13-23)11-7-20-8-14-24(16-20)33-25(37)19-36(5)28(38)39-29(2,3)4/h9-10,12-13,18,20,24H,6,8,14-16,19H2,1-5H3,(H,33,37)(H2,31,32,34,35)/t20-,24+/m1/s1. The van der Waals surface area contributed by atoms with Gasteiger partial charge >= 0.3 is 6.09 Å². The maximum Gasteiger partial charge on any atom is 0.410 e. The highest BCUT2D eigenvalue weighted by atomic mass is 16.6.